The Balaban J connectivity index is 2.17. The van der Waals surface area contributed by atoms with E-state index in [1.165, 1.54) is 6.07 Å². The number of aryl methyl sites for hydroxylation is 2. The summed E-state index contributed by atoms with van der Waals surface area (Å²) in [6.45, 7) is 0. The number of hydrogen-bond donors (Lipinski definition) is 1. The first-order valence-corrected chi connectivity index (χ1v) is 8.93. The molecule has 0 atom stereocenters. The van der Waals surface area contributed by atoms with Gasteiger partial charge in [0.25, 0.3) is 0 Å². The maximum atomic E-state index is 11.0. The Labute approximate surface area is 147 Å². The van der Waals surface area contributed by atoms with Gasteiger partial charge < -0.3 is 18.4 Å². The van der Waals surface area contributed by atoms with Crippen LogP contribution in [0.15, 0.2) is 36.4 Å². The Morgan fingerprint density at radius 2 is 1.48 bits per heavy atom. The molecule has 2 N–H and O–H groups in total. The second-order valence-electron chi connectivity index (χ2n) is 5.26. The molecule has 25 heavy (non-hydrogen) atoms. The molecule has 0 fully saturated rings. The Hall–Kier alpha value is -2.45. The number of rotatable bonds is 8. The van der Waals surface area contributed by atoms with Gasteiger partial charge in [-0.05, 0) is 48.2 Å². The monoisotopic (exact) mass is 367 g/mol. The molecule has 7 nitrogen and oxygen atoms in total. The number of nitrogens with two attached hydrogens (primary N) is 1. The summed E-state index contributed by atoms with van der Waals surface area (Å²) in [5.41, 5.74) is 1.90. The van der Waals surface area contributed by atoms with Gasteiger partial charge >= 0.3 is 10.3 Å². The summed E-state index contributed by atoms with van der Waals surface area (Å²) in [5.74, 6) is 1.90. The van der Waals surface area contributed by atoms with Gasteiger partial charge in [-0.2, -0.15) is 13.6 Å². The van der Waals surface area contributed by atoms with Crippen molar-refractivity contribution >= 4 is 10.3 Å². The van der Waals surface area contributed by atoms with E-state index in [2.05, 4.69) is 0 Å². The summed E-state index contributed by atoms with van der Waals surface area (Å²) >= 11 is 0. The molecule has 0 amide bonds. The Bertz CT molecular complexity index is 810. The van der Waals surface area contributed by atoms with Crippen molar-refractivity contribution < 1.29 is 26.8 Å². The van der Waals surface area contributed by atoms with Crippen molar-refractivity contribution in [3.63, 3.8) is 0 Å². The largest absolute Gasteiger partial charge is 0.493 e. The second-order valence-corrected chi connectivity index (χ2v) is 6.41. The van der Waals surface area contributed by atoms with Crippen LogP contribution in [0.5, 0.6) is 23.0 Å². The zero-order valence-electron chi connectivity index (χ0n) is 14.3. The maximum absolute atomic E-state index is 11.0. The van der Waals surface area contributed by atoms with Crippen molar-refractivity contribution in [3.05, 3.63) is 47.5 Å². The molecule has 0 heterocycles. The highest BCUT2D eigenvalue weighted by Crippen LogP contribution is 2.38. The van der Waals surface area contributed by atoms with E-state index < -0.39 is 10.3 Å². The van der Waals surface area contributed by atoms with Crippen LogP contribution < -0.4 is 23.5 Å². The number of methoxy groups -OCH3 is 3. The molecule has 0 spiro atoms. The van der Waals surface area contributed by atoms with Gasteiger partial charge in [0.1, 0.15) is 5.75 Å². The van der Waals surface area contributed by atoms with Crippen LogP contribution >= 0.6 is 0 Å². The molecule has 8 heteroatoms. The van der Waals surface area contributed by atoms with E-state index in [0.717, 1.165) is 11.1 Å². The summed E-state index contributed by atoms with van der Waals surface area (Å²) in [6.07, 6.45) is 1.36. The summed E-state index contributed by atoms with van der Waals surface area (Å²) in [6, 6.07) is 10.5. The van der Waals surface area contributed by atoms with Gasteiger partial charge in [0, 0.05) is 0 Å². The van der Waals surface area contributed by atoms with E-state index in [-0.39, 0.29) is 5.75 Å². The van der Waals surface area contributed by atoms with Gasteiger partial charge in [0.15, 0.2) is 11.5 Å². The van der Waals surface area contributed by atoms with Gasteiger partial charge in [-0.3, -0.25) is 0 Å². The van der Waals surface area contributed by atoms with Crippen LogP contribution in [0.4, 0.5) is 0 Å². The molecule has 0 aromatic heterocycles. The third-order valence-electron chi connectivity index (χ3n) is 3.54. The Morgan fingerprint density at radius 3 is 2.00 bits per heavy atom. The predicted octanol–water partition coefficient (Wildman–Crippen LogP) is 2.08. The highest BCUT2D eigenvalue weighted by Gasteiger charge is 2.13. The maximum Gasteiger partial charge on any atom is 0.380 e. The first-order chi connectivity index (χ1) is 11.9. The molecule has 2 rings (SSSR count). The third-order valence-corrected chi connectivity index (χ3v) is 3.96. The minimum absolute atomic E-state index is 0.185. The number of benzene rings is 2. The van der Waals surface area contributed by atoms with E-state index in [9.17, 15) is 8.42 Å². The molecular formula is C17H21NO6S. The van der Waals surface area contributed by atoms with E-state index in [0.29, 0.717) is 30.1 Å². The van der Waals surface area contributed by atoms with Gasteiger partial charge in [-0.25, -0.2) is 0 Å². The van der Waals surface area contributed by atoms with E-state index >= 15 is 0 Å². The molecule has 136 valence electrons. The SMILES string of the molecule is COc1cc(CCc2cccc(OS(N)(=O)=O)c2)cc(OC)c1OC. The molecular weight excluding hydrogens is 346 g/mol. The van der Waals surface area contributed by atoms with Crippen LogP contribution in [0.3, 0.4) is 0 Å². The van der Waals surface area contributed by atoms with Crippen LogP contribution in [0.2, 0.25) is 0 Å². The van der Waals surface area contributed by atoms with Crippen molar-refractivity contribution in [1.82, 2.24) is 0 Å². The topological polar surface area (TPSA) is 97.1 Å². The molecule has 0 saturated heterocycles. The van der Waals surface area contributed by atoms with Crippen LogP contribution in [0.1, 0.15) is 11.1 Å². The van der Waals surface area contributed by atoms with Crippen molar-refractivity contribution in [2.75, 3.05) is 21.3 Å². The molecule has 0 saturated carbocycles. The smallest absolute Gasteiger partial charge is 0.380 e. The number of ether oxygens (including phenoxy) is 3. The van der Waals surface area contributed by atoms with Gasteiger partial charge in [-0.1, -0.05) is 12.1 Å². The van der Waals surface area contributed by atoms with E-state index in [4.69, 9.17) is 23.5 Å². The lowest BCUT2D eigenvalue weighted by atomic mass is 10.0. The first-order valence-electron chi connectivity index (χ1n) is 7.46. The minimum Gasteiger partial charge on any atom is -0.493 e. The van der Waals surface area contributed by atoms with E-state index in [1.807, 2.05) is 18.2 Å². The Kier molecular flexibility index (Phi) is 6.11. The minimum atomic E-state index is -4.03. The molecule has 0 unspecified atom stereocenters. The molecule has 2 aromatic rings. The zero-order valence-corrected chi connectivity index (χ0v) is 15.1. The van der Waals surface area contributed by atoms with Crippen molar-refractivity contribution in [2.45, 2.75) is 12.8 Å². The van der Waals surface area contributed by atoms with Gasteiger partial charge in [0.2, 0.25) is 5.75 Å². The van der Waals surface area contributed by atoms with Gasteiger partial charge in [0.05, 0.1) is 21.3 Å². The average Bonchev–Trinajstić information content (AvgIpc) is 2.57. The molecule has 2 aromatic carbocycles. The van der Waals surface area contributed by atoms with Crippen molar-refractivity contribution in [1.29, 1.82) is 0 Å². The third kappa shape index (κ3) is 5.27. The molecule has 0 aliphatic carbocycles. The van der Waals surface area contributed by atoms with Crippen LogP contribution in [0.25, 0.3) is 0 Å². The van der Waals surface area contributed by atoms with Gasteiger partial charge in [-0.15, -0.1) is 0 Å². The highest BCUT2D eigenvalue weighted by molar-refractivity contribution is 7.84. The first kappa shape index (κ1) is 18.9. The second kappa shape index (κ2) is 8.09. The standard InChI is InChI=1S/C17H21NO6S/c1-21-15-10-13(11-16(22-2)17(15)23-3)8-7-12-5-4-6-14(9-12)24-25(18,19)20/h4-6,9-11H,7-8H2,1-3H3,(H2,18,19,20). The zero-order chi connectivity index (χ0) is 18.4. The summed E-state index contributed by atoms with van der Waals surface area (Å²) < 4.78 is 42.7. The molecule has 0 aliphatic heterocycles. The summed E-state index contributed by atoms with van der Waals surface area (Å²) in [4.78, 5) is 0. The summed E-state index contributed by atoms with van der Waals surface area (Å²) in [5, 5.41) is 4.88. The Morgan fingerprint density at radius 1 is 0.880 bits per heavy atom. The van der Waals surface area contributed by atoms with Crippen LogP contribution in [-0.4, -0.2) is 29.7 Å². The van der Waals surface area contributed by atoms with Crippen molar-refractivity contribution in [3.8, 4) is 23.0 Å². The fourth-order valence-corrected chi connectivity index (χ4v) is 2.83. The highest BCUT2D eigenvalue weighted by atomic mass is 32.2. The van der Waals surface area contributed by atoms with E-state index in [1.54, 1.807) is 33.5 Å². The molecule has 0 aliphatic rings. The predicted molar refractivity (Wildman–Crippen MR) is 93.7 cm³/mol. The van der Waals surface area contributed by atoms with Crippen LogP contribution in [0, 0.1) is 0 Å². The normalized spacial score (nSPS) is 11.0. The molecule has 0 radical (unpaired) electrons. The lowest BCUT2D eigenvalue weighted by Gasteiger charge is -2.14. The lowest BCUT2D eigenvalue weighted by molar-refractivity contribution is 0.324. The van der Waals surface area contributed by atoms with Crippen LogP contribution in [-0.2, 0) is 23.1 Å². The molecule has 0 bridgehead atoms. The fraction of sp³-hybridized carbons (Fsp3) is 0.294. The van der Waals surface area contributed by atoms with Crippen molar-refractivity contribution in [2.24, 2.45) is 5.14 Å². The lowest BCUT2D eigenvalue weighted by Crippen LogP contribution is -2.18. The average molecular weight is 367 g/mol. The summed E-state index contributed by atoms with van der Waals surface area (Å²) in [7, 11) is 0.648. The fourth-order valence-electron chi connectivity index (χ4n) is 2.46. The quantitative estimate of drug-likeness (QED) is 0.767. The number of hydrogen-bond acceptors (Lipinski definition) is 6.